The van der Waals surface area contributed by atoms with E-state index in [1.807, 2.05) is 45.2 Å². The standard InChI is InChI=1S/C27H34N6O3/c1-27(2,34)18-8-10-32(11-9-18)16-22-28-23-25(31(22)3)29-24(30-26(23)33-12-14-35-15-13-33)20-17-36-21-7-5-4-6-19(20)21/h4-7,17-18,34H,8-16H2,1-3H3. The van der Waals surface area contributed by atoms with Gasteiger partial charge in [-0.3, -0.25) is 4.90 Å². The Morgan fingerprint density at radius 2 is 1.78 bits per heavy atom. The lowest BCUT2D eigenvalue weighted by Crippen LogP contribution is -2.41. The Morgan fingerprint density at radius 1 is 1.03 bits per heavy atom. The Hall–Kier alpha value is -3.01. The van der Waals surface area contributed by atoms with Gasteiger partial charge in [-0.25, -0.2) is 15.0 Å². The van der Waals surface area contributed by atoms with Crippen LogP contribution < -0.4 is 4.90 Å². The molecule has 190 valence electrons. The van der Waals surface area contributed by atoms with Gasteiger partial charge in [0.1, 0.15) is 17.7 Å². The highest BCUT2D eigenvalue weighted by Crippen LogP contribution is 2.33. The van der Waals surface area contributed by atoms with Crippen LogP contribution in [0.5, 0.6) is 0 Å². The quantitative estimate of drug-likeness (QED) is 0.454. The topological polar surface area (TPSA) is 92.7 Å². The molecule has 0 radical (unpaired) electrons. The summed E-state index contributed by atoms with van der Waals surface area (Å²) < 4.78 is 13.5. The lowest BCUT2D eigenvalue weighted by Gasteiger charge is -2.37. The monoisotopic (exact) mass is 490 g/mol. The summed E-state index contributed by atoms with van der Waals surface area (Å²) in [5.74, 6) is 2.81. The van der Waals surface area contributed by atoms with Crippen LogP contribution in [0.1, 0.15) is 32.5 Å². The fraction of sp³-hybridized carbons (Fsp3) is 0.519. The number of aryl methyl sites for hydroxylation is 1. The van der Waals surface area contributed by atoms with Crippen LogP contribution in [0, 0.1) is 5.92 Å². The van der Waals surface area contributed by atoms with E-state index in [9.17, 15) is 5.11 Å². The summed E-state index contributed by atoms with van der Waals surface area (Å²) >= 11 is 0. The first-order valence-electron chi connectivity index (χ1n) is 12.9. The van der Waals surface area contributed by atoms with Crippen molar-refractivity contribution in [2.75, 3.05) is 44.3 Å². The van der Waals surface area contributed by atoms with Gasteiger partial charge >= 0.3 is 0 Å². The predicted molar refractivity (Wildman–Crippen MR) is 139 cm³/mol. The van der Waals surface area contributed by atoms with Crippen molar-refractivity contribution in [3.8, 4) is 11.4 Å². The van der Waals surface area contributed by atoms with Crippen LogP contribution in [0.25, 0.3) is 33.5 Å². The van der Waals surface area contributed by atoms with Crippen LogP contribution in [-0.2, 0) is 18.3 Å². The van der Waals surface area contributed by atoms with Crippen molar-refractivity contribution in [1.29, 1.82) is 0 Å². The zero-order valence-corrected chi connectivity index (χ0v) is 21.3. The zero-order valence-electron chi connectivity index (χ0n) is 21.3. The average molecular weight is 491 g/mol. The highest BCUT2D eigenvalue weighted by molar-refractivity contribution is 5.94. The molecule has 0 spiro atoms. The number of hydrogen-bond acceptors (Lipinski definition) is 8. The van der Waals surface area contributed by atoms with E-state index < -0.39 is 5.60 Å². The summed E-state index contributed by atoms with van der Waals surface area (Å²) in [6, 6.07) is 7.98. The van der Waals surface area contributed by atoms with Crippen molar-refractivity contribution >= 4 is 28.0 Å². The predicted octanol–water partition coefficient (Wildman–Crippen LogP) is 3.60. The number of anilines is 1. The van der Waals surface area contributed by atoms with Gasteiger partial charge in [-0.05, 0) is 51.8 Å². The lowest BCUT2D eigenvalue weighted by molar-refractivity contribution is -0.0139. The van der Waals surface area contributed by atoms with Crippen LogP contribution >= 0.6 is 0 Å². The summed E-state index contributed by atoms with van der Waals surface area (Å²) in [6.07, 6.45) is 3.73. The van der Waals surface area contributed by atoms with Crippen molar-refractivity contribution in [3.05, 3.63) is 36.4 Å². The highest BCUT2D eigenvalue weighted by Gasteiger charge is 2.31. The Morgan fingerprint density at radius 3 is 2.53 bits per heavy atom. The largest absolute Gasteiger partial charge is 0.464 e. The molecule has 2 aliphatic rings. The first kappa shape index (κ1) is 23.4. The van der Waals surface area contributed by atoms with Crippen LogP contribution in [0.3, 0.4) is 0 Å². The molecule has 0 atom stereocenters. The molecule has 2 saturated heterocycles. The van der Waals surface area contributed by atoms with Crippen molar-refractivity contribution in [3.63, 3.8) is 0 Å². The zero-order chi connectivity index (χ0) is 24.9. The number of aromatic nitrogens is 4. The minimum Gasteiger partial charge on any atom is -0.464 e. The van der Waals surface area contributed by atoms with Crippen molar-refractivity contribution in [2.45, 2.75) is 38.8 Å². The molecule has 5 heterocycles. The summed E-state index contributed by atoms with van der Waals surface area (Å²) in [5, 5.41) is 11.4. The Bertz CT molecular complexity index is 1370. The van der Waals surface area contributed by atoms with Crippen molar-refractivity contribution < 1.29 is 14.3 Å². The molecule has 0 unspecified atom stereocenters. The number of nitrogens with zero attached hydrogens (tertiary/aromatic N) is 6. The minimum atomic E-state index is -0.625. The van der Waals surface area contributed by atoms with E-state index in [-0.39, 0.29) is 0 Å². The van der Waals surface area contributed by atoms with E-state index in [0.717, 1.165) is 84.9 Å². The van der Waals surface area contributed by atoms with E-state index in [0.29, 0.717) is 25.0 Å². The number of imidazole rings is 1. The molecular weight excluding hydrogens is 456 g/mol. The number of hydrogen-bond donors (Lipinski definition) is 1. The Balaban J connectivity index is 1.38. The maximum absolute atomic E-state index is 10.4. The van der Waals surface area contributed by atoms with Gasteiger partial charge in [0.2, 0.25) is 0 Å². The number of piperidine rings is 1. The van der Waals surface area contributed by atoms with Gasteiger partial charge in [0.25, 0.3) is 0 Å². The van der Waals surface area contributed by atoms with Gasteiger partial charge in [0, 0.05) is 25.5 Å². The van der Waals surface area contributed by atoms with Gasteiger partial charge in [0.15, 0.2) is 22.8 Å². The molecule has 0 amide bonds. The van der Waals surface area contributed by atoms with Crippen LogP contribution in [0.4, 0.5) is 5.82 Å². The summed E-state index contributed by atoms with van der Waals surface area (Å²) in [6.45, 7) is 9.38. The van der Waals surface area contributed by atoms with E-state index in [1.54, 1.807) is 6.26 Å². The second-order valence-electron chi connectivity index (χ2n) is 10.6. The molecule has 9 heteroatoms. The first-order valence-corrected chi connectivity index (χ1v) is 12.9. The number of morpholine rings is 1. The Labute approximate surface area is 210 Å². The lowest BCUT2D eigenvalue weighted by atomic mass is 9.83. The van der Waals surface area contributed by atoms with Gasteiger partial charge in [0.05, 0.1) is 30.9 Å². The van der Waals surface area contributed by atoms with Gasteiger partial charge in [-0.2, -0.15) is 0 Å². The molecule has 3 aromatic heterocycles. The molecule has 36 heavy (non-hydrogen) atoms. The number of ether oxygens (including phenoxy) is 1. The van der Waals surface area contributed by atoms with Crippen molar-refractivity contribution in [1.82, 2.24) is 24.4 Å². The maximum Gasteiger partial charge on any atom is 0.167 e. The van der Waals surface area contributed by atoms with Gasteiger partial charge < -0.3 is 23.7 Å². The molecule has 1 N–H and O–H groups in total. The summed E-state index contributed by atoms with van der Waals surface area (Å²) in [5.41, 5.74) is 2.74. The van der Waals surface area contributed by atoms with E-state index in [1.165, 1.54) is 0 Å². The third-order valence-electron chi connectivity index (χ3n) is 7.78. The highest BCUT2D eigenvalue weighted by atomic mass is 16.5. The molecule has 0 aliphatic carbocycles. The van der Waals surface area contributed by atoms with E-state index in [4.69, 9.17) is 24.1 Å². The van der Waals surface area contributed by atoms with E-state index in [2.05, 4.69) is 14.4 Å². The molecule has 0 bridgehead atoms. The summed E-state index contributed by atoms with van der Waals surface area (Å²) in [7, 11) is 2.04. The second-order valence-corrected chi connectivity index (χ2v) is 10.6. The van der Waals surface area contributed by atoms with Crippen LogP contribution in [0.15, 0.2) is 34.9 Å². The molecule has 0 saturated carbocycles. The molecule has 1 aromatic carbocycles. The fourth-order valence-electron chi connectivity index (χ4n) is 5.50. The molecule has 9 nitrogen and oxygen atoms in total. The second kappa shape index (κ2) is 9.14. The molecular formula is C27H34N6O3. The number of fused-ring (bicyclic) bond motifs is 2. The molecule has 4 aromatic rings. The number of furan rings is 1. The normalized spacial score (nSPS) is 18.5. The van der Waals surface area contributed by atoms with Gasteiger partial charge in [-0.1, -0.05) is 18.2 Å². The third-order valence-corrected chi connectivity index (χ3v) is 7.78. The number of benzene rings is 1. The minimum absolute atomic E-state index is 0.334. The number of rotatable bonds is 5. The van der Waals surface area contributed by atoms with E-state index >= 15 is 0 Å². The smallest absolute Gasteiger partial charge is 0.167 e. The van der Waals surface area contributed by atoms with Gasteiger partial charge in [-0.15, -0.1) is 0 Å². The third kappa shape index (κ3) is 4.25. The first-order chi connectivity index (χ1) is 17.4. The SMILES string of the molecule is Cn1c(CN2CCC(C(C)(C)O)CC2)nc2c(N3CCOCC3)nc(-c3coc4ccccc34)nc21. The fourth-order valence-corrected chi connectivity index (χ4v) is 5.50. The number of likely N-dealkylation sites (tertiary alicyclic amines) is 1. The average Bonchev–Trinajstić information content (AvgIpc) is 3.45. The summed E-state index contributed by atoms with van der Waals surface area (Å²) in [4.78, 5) is 19.8. The van der Waals surface area contributed by atoms with Crippen LogP contribution in [-0.4, -0.2) is 74.5 Å². The maximum atomic E-state index is 10.4. The molecule has 6 rings (SSSR count). The number of aliphatic hydroxyl groups is 1. The Kier molecular flexibility index (Phi) is 5.94. The molecule has 2 aliphatic heterocycles. The van der Waals surface area contributed by atoms with Crippen LogP contribution in [0.2, 0.25) is 0 Å². The van der Waals surface area contributed by atoms with Crippen molar-refractivity contribution in [2.24, 2.45) is 13.0 Å². The molecule has 2 fully saturated rings. The number of para-hydroxylation sites is 1.